The van der Waals surface area contributed by atoms with Gasteiger partial charge in [0.15, 0.2) is 0 Å². The van der Waals surface area contributed by atoms with Crippen LogP contribution >= 0.6 is 0 Å². The van der Waals surface area contributed by atoms with Crippen molar-refractivity contribution in [3.05, 3.63) is 23.8 Å². The zero-order chi connectivity index (χ0) is 9.84. The molecule has 1 rings (SSSR count). The number of carbonyl (C=O) groups excluding carboxylic acids is 1. The Morgan fingerprint density at radius 2 is 2.23 bits per heavy atom. The van der Waals surface area contributed by atoms with Crippen LogP contribution in [-0.4, -0.2) is 11.1 Å². The Bertz CT molecular complexity index is 318. The molecule has 0 radical (unpaired) electrons. The van der Waals surface area contributed by atoms with Gasteiger partial charge >= 0.3 is 5.97 Å². The second-order valence-corrected chi connectivity index (χ2v) is 2.73. The maximum atomic E-state index is 10.9. The van der Waals surface area contributed by atoms with E-state index in [1.165, 1.54) is 0 Å². The number of phenolic OH excluding ortho intramolecular Hbond substituents is 1. The molecule has 0 heterocycles. The van der Waals surface area contributed by atoms with E-state index in [9.17, 15) is 9.90 Å². The molecule has 0 amide bonds. The van der Waals surface area contributed by atoms with Crippen molar-refractivity contribution >= 4 is 5.97 Å². The van der Waals surface area contributed by atoms with E-state index < -0.39 is 0 Å². The average molecular weight is 180 g/mol. The maximum absolute atomic E-state index is 10.9. The molecule has 1 aromatic carbocycles. The van der Waals surface area contributed by atoms with E-state index in [-0.39, 0.29) is 11.7 Å². The van der Waals surface area contributed by atoms with Crippen LogP contribution in [0.1, 0.15) is 18.9 Å². The molecule has 0 saturated heterocycles. The first-order valence-corrected chi connectivity index (χ1v) is 4.14. The number of aromatic hydroxyl groups is 1. The van der Waals surface area contributed by atoms with Gasteiger partial charge in [0.05, 0.1) is 0 Å². The smallest absolute Gasteiger partial charge is 0.310 e. The number of carbonyl (C=O) groups is 1. The van der Waals surface area contributed by atoms with Crippen LogP contribution in [0.2, 0.25) is 0 Å². The van der Waals surface area contributed by atoms with Crippen LogP contribution in [0.4, 0.5) is 0 Å². The van der Waals surface area contributed by atoms with E-state index in [0.717, 1.165) is 0 Å². The van der Waals surface area contributed by atoms with Crippen molar-refractivity contribution in [3.63, 3.8) is 0 Å². The zero-order valence-electron chi connectivity index (χ0n) is 7.70. The second-order valence-electron chi connectivity index (χ2n) is 2.73. The lowest BCUT2D eigenvalue weighted by Crippen LogP contribution is -2.06. The summed E-state index contributed by atoms with van der Waals surface area (Å²) in [5, 5.41) is 9.29. The van der Waals surface area contributed by atoms with Crippen molar-refractivity contribution in [2.24, 2.45) is 0 Å². The van der Waals surface area contributed by atoms with E-state index in [1.807, 2.05) is 0 Å². The minimum absolute atomic E-state index is 0.140. The molecule has 0 spiro atoms. The number of rotatable bonds is 2. The van der Waals surface area contributed by atoms with Gasteiger partial charge in [0.25, 0.3) is 0 Å². The van der Waals surface area contributed by atoms with Crippen LogP contribution < -0.4 is 4.74 Å². The standard InChI is InChI=1S/C10H12O3/c1-3-10(12)13-9-6-4-5-8(11)7(9)2/h4-6,11H,3H2,1-2H3. The summed E-state index contributed by atoms with van der Waals surface area (Å²) in [6.45, 7) is 3.42. The lowest BCUT2D eigenvalue weighted by atomic mass is 10.2. The first kappa shape index (κ1) is 9.58. The molecular weight excluding hydrogens is 168 g/mol. The van der Waals surface area contributed by atoms with Crippen molar-refractivity contribution in [2.45, 2.75) is 20.3 Å². The Balaban J connectivity index is 2.89. The third kappa shape index (κ3) is 2.21. The summed E-state index contributed by atoms with van der Waals surface area (Å²) in [5.41, 5.74) is 0.587. The molecule has 0 unspecified atom stereocenters. The lowest BCUT2D eigenvalue weighted by Gasteiger charge is -2.06. The Labute approximate surface area is 77.0 Å². The molecule has 0 bridgehead atoms. The fourth-order valence-electron chi connectivity index (χ4n) is 0.908. The highest BCUT2D eigenvalue weighted by Gasteiger charge is 2.06. The molecule has 0 aromatic heterocycles. The highest BCUT2D eigenvalue weighted by Crippen LogP contribution is 2.26. The van der Waals surface area contributed by atoms with Crippen LogP contribution in [-0.2, 0) is 4.79 Å². The van der Waals surface area contributed by atoms with Crippen LogP contribution in [0.3, 0.4) is 0 Å². The molecular formula is C10H12O3. The summed E-state index contributed by atoms with van der Waals surface area (Å²) in [5.74, 6) is 0.266. The number of esters is 1. The van der Waals surface area contributed by atoms with Crippen molar-refractivity contribution in [3.8, 4) is 11.5 Å². The molecule has 0 aliphatic carbocycles. The maximum Gasteiger partial charge on any atom is 0.310 e. The van der Waals surface area contributed by atoms with Crippen LogP contribution in [0, 0.1) is 6.92 Å². The number of ether oxygens (including phenoxy) is 1. The summed E-state index contributed by atoms with van der Waals surface area (Å²) in [6.07, 6.45) is 0.328. The van der Waals surface area contributed by atoms with E-state index in [1.54, 1.807) is 32.0 Å². The van der Waals surface area contributed by atoms with Gasteiger partial charge in [-0.2, -0.15) is 0 Å². The van der Waals surface area contributed by atoms with Gasteiger partial charge in [-0.05, 0) is 19.1 Å². The number of hydrogen-bond donors (Lipinski definition) is 1. The van der Waals surface area contributed by atoms with Gasteiger partial charge < -0.3 is 9.84 Å². The van der Waals surface area contributed by atoms with E-state index in [2.05, 4.69) is 0 Å². The lowest BCUT2D eigenvalue weighted by molar-refractivity contribution is -0.134. The van der Waals surface area contributed by atoms with Crippen molar-refractivity contribution < 1.29 is 14.6 Å². The van der Waals surface area contributed by atoms with E-state index in [4.69, 9.17) is 4.74 Å². The van der Waals surface area contributed by atoms with E-state index in [0.29, 0.717) is 17.7 Å². The Morgan fingerprint density at radius 3 is 2.85 bits per heavy atom. The summed E-state index contributed by atoms with van der Waals surface area (Å²) in [6, 6.07) is 4.85. The molecule has 3 heteroatoms. The quantitative estimate of drug-likeness (QED) is 0.559. The summed E-state index contributed by atoms with van der Waals surface area (Å²) in [7, 11) is 0. The molecule has 13 heavy (non-hydrogen) atoms. The first-order valence-electron chi connectivity index (χ1n) is 4.14. The topological polar surface area (TPSA) is 46.5 Å². The molecule has 0 aliphatic heterocycles. The molecule has 0 fully saturated rings. The largest absolute Gasteiger partial charge is 0.508 e. The molecule has 1 aromatic rings. The predicted octanol–water partition coefficient (Wildman–Crippen LogP) is 2.02. The van der Waals surface area contributed by atoms with Gasteiger partial charge in [-0.15, -0.1) is 0 Å². The molecule has 1 N–H and O–H groups in total. The zero-order valence-corrected chi connectivity index (χ0v) is 7.70. The van der Waals surface area contributed by atoms with Gasteiger partial charge in [0, 0.05) is 12.0 Å². The van der Waals surface area contributed by atoms with Gasteiger partial charge in [0.2, 0.25) is 0 Å². The van der Waals surface area contributed by atoms with Crippen LogP contribution in [0.25, 0.3) is 0 Å². The third-order valence-electron chi connectivity index (χ3n) is 1.77. The molecule has 0 aliphatic rings. The Kier molecular flexibility index (Phi) is 2.90. The molecule has 70 valence electrons. The van der Waals surface area contributed by atoms with E-state index >= 15 is 0 Å². The highest BCUT2D eigenvalue weighted by atomic mass is 16.5. The number of hydrogen-bond acceptors (Lipinski definition) is 3. The summed E-state index contributed by atoms with van der Waals surface area (Å²) >= 11 is 0. The second kappa shape index (κ2) is 3.94. The van der Waals surface area contributed by atoms with Crippen molar-refractivity contribution in [1.82, 2.24) is 0 Å². The van der Waals surface area contributed by atoms with Gasteiger partial charge in [-0.3, -0.25) is 4.79 Å². The van der Waals surface area contributed by atoms with Crippen LogP contribution in [0.5, 0.6) is 11.5 Å². The van der Waals surface area contributed by atoms with Gasteiger partial charge in [-0.25, -0.2) is 0 Å². The molecule has 3 nitrogen and oxygen atoms in total. The monoisotopic (exact) mass is 180 g/mol. The fourth-order valence-corrected chi connectivity index (χ4v) is 0.908. The third-order valence-corrected chi connectivity index (χ3v) is 1.77. The Hall–Kier alpha value is -1.51. The highest BCUT2D eigenvalue weighted by molar-refractivity contribution is 5.72. The normalized spacial score (nSPS) is 9.69. The number of phenols is 1. The van der Waals surface area contributed by atoms with Crippen LogP contribution in [0.15, 0.2) is 18.2 Å². The van der Waals surface area contributed by atoms with Crippen molar-refractivity contribution in [1.29, 1.82) is 0 Å². The summed E-state index contributed by atoms with van der Waals surface area (Å²) < 4.78 is 4.98. The number of benzene rings is 1. The van der Waals surface area contributed by atoms with Crippen molar-refractivity contribution in [2.75, 3.05) is 0 Å². The van der Waals surface area contributed by atoms with Gasteiger partial charge in [0.1, 0.15) is 11.5 Å². The van der Waals surface area contributed by atoms with Gasteiger partial charge in [-0.1, -0.05) is 13.0 Å². The fraction of sp³-hybridized carbons (Fsp3) is 0.300. The predicted molar refractivity (Wildman–Crippen MR) is 48.8 cm³/mol. The minimum Gasteiger partial charge on any atom is -0.508 e. The SMILES string of the molecule is CCC(=O)Oc1cccc(O)c1C. The first-order chi connectivity index (χ1) is 6.15. The minimum atomic E-state index is -0.297. The average Bonchev–Trinajstić information content (AvgIpc) is 2.13. The summed E-state index contributed by atoms with van der Waals surface area (Å²) in [4.78, 5) is 10.9. The Morgan fingerprint density at radius 1 is 1.54 bits per heavy atom. The molecule has 0 saturated carbocycles. The molecule has 0 atom stereocenters.